The number of carbonyl (C=O) groups is 7. The molecule has 3 unspecified atom stereocenters. The second kappa shape index (κ2) is 24.1. The van der Waals surface area contributed by atoms with Crippen molar-refractivity contribution in [1.82, 2.24) is 31.9 Å². The van der Waals surface area contributed by atoms with Crippen molar-refractivity contribution in [2.75, 3.05) is 30.1 Å². The molecule has 0 bridgehead atoms. The van der Waals surface area contributed by atoms with Gasteiger partial charge in [0.25, 0.3) is 0 Å². The third kappa shape index (κ3) is 16.4. The molecule has 0 aromatic heterocycles. The molecule has 286 valence electrons. The number of likely N-dealkylation sites (N-methyl/N-ethyl adjacent to an activating group) is 1. The highest BCUT2D eigenvalue weighted by atomic mass is 33.1. The maximum absolute atomic E-state index is 13.5. The third-order valence-electron chi connectivity index (χ3n) is 7.74. The molecular formula is C30H52N6O10S4. The SMILES string of the molecule is CCCC(C)C(=O)[C@@H]1CSSC[C@H](NC)C(=O)NC([C@@H](C)O)C(=O)N[C@H](C(=O)O)CSSC[C@H](NC(C)CC)C(=O)N[C@@H](CC(=O)O)C(=O)N1. The Hall–Kier alpha value is -2.23. The van der Waals surface area contributed by atoms with Crippen LogP contribution in [0.25, 0.3) is 0 Å². The standard InChI is InChI=1S/C30H52N6O10S4/c1-7-9-15(3)25(40)19-11-47-48-12-20(31-6)27(42)36-24(17(5)37)29(44)35-22(30(45)46)14-50-49-13-21(32-16(4)8-2)28(43)33-18(10-23(38)39)26(41)34-19/h15-22,24,31-32,37H,7-14H2,1-6H3,(H,33,43)(H,34,41)(H,35,44)(H,36,42)(H,38,39)(H,45,46)/t15?,16?,17-,18+,19+,20+,21+,22+,24?/m1/s1. The van der Waals surface area contributed by atoms with Crippen LogP contribution in [0, 0.1) is 5.92 Å². The lowest BCUT2D eigenvalue weighted by molar-refractivity contribution is -0.142. The Kier molecular flexibility index (Phi) is 22.1. The summed E-state index contributed by atoms with van der Waals surface area (Å²) in [6.07, 6.45) is -0.189. The summed E-state index contributed by atoms with van der Waals surface area (Å²) in [4.78, 5) is 90.4. The van der Waals surface area contributed by atoms with E-state index in [0.29, 0.717) is 12.8 Å². The first-order valence-electron chi connectivity index (χ1n) is 16.4. The number of nitrogens with one attached hydrogen (secondary N) is 6. The van der Waals surface area contributed by atoms with Crippen molar-refractivity contribution in [3.8, 4) is 0 Å². The minimum atomic E-state index is -1.50. The third-order valence-corrected chi connectivity index (χ3v) is 12.6. The number of carboxylic acids is 2. The second-order valence-electron chi connectivity index (χ2n) is 11.9. The quantitative estimate of drug-likeness (QED) is 0.118. The number of carboxylic acid groups (broad SMARTS) is 2. The van der Waals surface area contributed by atoms with Crippen LogP contribution in [0.15, 0.2) is 0 Å². The Morgan fingerprint density at radius 2 is 1.32 bits per heavy atom. The Morgan fingerprint density at radius 1 is 0.780 bits per heavy atom. The zero-order valence-corrected chi connectivity index (χ0v) is 32.5. The van der Waals surface area contributed by atoms with E-state index in [0.717, 1.165) is 28.0 Å². The molecule has 4 amide bonds. The normalized spacial score (nSPS) is 27.5. The summed E-state index contributed by atoms with van der Waals surface area (Å²) in [6, 6.07) is -7.34. The van der Waals surface area contributed by atoms with E-state index in [1.807, 2.05) is 20.8 Å². The van der Waals surface area contributed by atoms with Crippen molar-refractivity contribution in [3.05, 3.63) is 0 Å². The zero-order chi connectivity index (χ0) is 38.0. The molecule has 1 aliphatic rings. The van der Waals surface area contributed by atoms with E-state index in [1.54, 1.807) is 6.92 Å². The molecule has 0 saturated carbocycles. The molecule has 16 nitrogen and oxygen atoms in total. The predicted molar refractivity (Wildman–Crippen MR) is 198 cm³/mol. The lowest BCUT2D eigenvalue weighted by Gasteiger charge is -2.27. The van der Waals surface area contributed by atoms with Crippen LogP contribution in [0.4, 0.5) is 0 Å². The highest BCUT2D eigenvalue weighted by Crippen LogP contribution is 2.26. The molecule has 0 spiro atoms. The fourth-order valence-corrected chi connectivity index (χ4v) is 9.31. The number of aliphatic carboxylic acids is 2. The number of hydrogen-bond donors (Lipinski definition) is 9. The van der Waals surface area contributed by atoms with Gasteiger partial charge < -0.3 is 47.2 Å². The van der Waals surface area contributed by atoms with Crippen molar-refractivity contribution in [2.24, 2.45) is 5.92 Å². The first-order valence-corrected chi connectivity index (χ1v) is 21.3. The van der Waals surface area contributed by atoms with Gasteiger partial charge in [-0.1, -0.05) is 70.4 Å². The number of hydrogen-bond acceptors (Lipinski definition) is 14. The molecule has 20 heteroatoms. The van der Waals surface area contributed by atoms with Gasteiger partial charge in [0.1, 0.15) is 18.1 Å². The second-order valence-corrected chi connectivity index (χ2v) is 17.1. The van der Waals surface area contributed by atoms with E-state index in [2.05, 4.69) is 31.9 Å². The van der Waals surface area contributed by atoms with Crippen LogP contribution in [0.1, 0.15) is 60.3 Å². The fraction of sp³-hybridized carbons (Fsp3) is 0.767. The molecule has 1 saturated heterocycles. The van der Waals surface area contributed by atoms with Gasteiger partial charge in [-0.3, -0.25) is 28.8 Å². The van der Waals surface area contributed by atoms with Crippen molar-refractivity contribution in [3.63, 3.8) is 0 Å². The number of ketones is 1. The minimum absolute atomic E-state index is 0.0659. The number of carbonyl (C=O) groups excluding carboxylic acids is 5. The van der Waals surface area contributed by atoms with Crippen molar-refractivity contribution < 1.29 is 48.9 Å². The Labute approximate surface area is 308 Å². The van der Waals surface area contributed by atoms with E-state index in [1.165, 1.54) is 35.6 Å². The first-order chi connectivity index (χ1) is 23.6. The Bertz CT molecular complexity index is 1170. The van der Waals surface area contributed by atoms with E-state index in [4.69, 9.17) is 0 Å². The topological polar surface area (TPSA) is 252 Å². The van der Waals surface area contributed by atoms with Crippen molar-refractivity contribution in [1.29, 1.82) is 0 Å². The van der Waals surface area contributed by atoms with E-state index < -0.39 is 90.3 Å². The van der Waals surface area contributed by atoms with Crippen LogP contribution in [-0.4, -0.2) is 135 Å². The molecule has 1 fully saturated rings. The molecule has 1 rings (SSSR count). The van der Waals surface area contributed by atoms with Gasteiger partial charge in [-0.25, -0.2) is 4.79 Å². The van der Waals surface area contributed by atoms with Crippen LogP contribution in [-0.2, 0) is 33.6 Å². The predicted octanol–water partition coefficient (Wildman–Crippen LogP) is -0.00790. The fourth-order valence-electron chi connectivity index (χ4n) is 4.55. The highest BCUT2D eigenvalue weighted by molar-refractivity contribution is 8.77. The van der Waals surface area contributed by atoms with Gasteiger partial charge in [0.05, 0.1) is 30.7 Å². The summed E-state index contributed by atoms with van der Waals surface area (Å²) in [6.45, 7) is 8.68. The molecule has 0 aliphatic carbocycles. The number of aliphatic hydroxyl groups is 1. The highest BCUT2D eigenvalue weighted by Gasteiger charge is 2.34. The smallest absolute Gasteiger partial charge is 0.327 e. The molecular weight excluding hydrogens is 733 g/mol. The maximum Gasteiger partial charge on any atom is 0.327 e. The summed E-state index contributed by atoms with van der Waals surface area (Å²) in [5, 5.41) is 45.7. The van der Waals surface area contributed by atoms with Crippen LogP contribution in [0.3, 0.4) is 0 Å². The molecule has 0 radical (unpaired) electrons. The van der Waals surface area contributed by atoms with Crippen molar-refractivity contribution in [2.45, 2.75) is 109 Å². The Morgan fingerprint density at radius 3 is 1.84 bits per heavy atom. The zero-order valence-electron chi connectivity index (χ0n) is 29.2. The monoisotopic (exact) mass is 784 g/mol. The largest absolute Gasteiger partial charge is 0.481 e. The molecule has 0 aromatic carbocycles. The maximum atomic E-state index is 13.5. The minimum Gasteiger partial charge on any atom is -0.481 e. The molecule has 1 heterocycles. The van der Waals surface area contributed by atoms with Gasteiger partial charge in [-0.2, -0.15) is 0 Å². The summed E-state index contributed by atoms with van der Waals surface area (Å²) < 4.78 is 0. The van der Waals surface area contributed by atoms with Crippen molar-refractivity contribution >= 4 is 84.5 Å². The van der Waals surface area contributed by atoms with Gasteiger partial charge in [0, 0.05) is 35.0 Å². The number of aliphatic hydroxyl groups excluding tert-OH is 1. The number of rotatable bonds is 12. The number of amides is 4. The number of Topliss-reactive ketones (excluding diaryl/α,β-unsaturated/α-hetero) is 1. The molecule has 9 atom stereocenters. The van der Waals surface area contributed by atoms with Gasteiger partial charge in [0.2, 0.25) is 23.6 Å². The summed E-state index contributed by atoms with van der Waals surface area (Å²) >= 11 is 0. The van der Waals surface area contributed by atoms with Crippen LogP contribution in [0.2, 0.25) is 0 Å². The van der Waals surface area contributed by atoms with E-state index in [-0.39, 0.29) is 34.8 Å². The van der Waals surface area contributed by atoms with Crippen LogP contribution < -0.4 is 31.9 Å². The molecule has 0 aromatic rings. The first kappa shape index (κ1) is 45.8. The van der Waals surface area contributed by atoms with Gasteiger partial charge in [0.15, 0.2) is 5.78 Å². The van der Waals surface area contributed by atoms with E-state index >= 15 is 0 Å². The molecule has 9 N–H and O–H groups in total. The van der Waals surface area contributed by atoms with Gasteiger partial charge in [-0.15, -0.1) is 0 Å². The van der Waals surface area contributed by atoms with E-state index in [9.17, 15) is 48.9 Å². The molecule has 50 heavy (non-hydrogen) atoms. The summed E-state index contributed by atoms with van der Waals surface area (Å²) in [5.41, 5.74) is 0. The average Bonchev–Trinajstić information content (AvgIpc) is 3.05. The van der Waals surface area contributed by atoms with Crippen LogP contribution >= 0.6 is 43.2 Å². The van der Waals surface area contributed by atoms with Gasteiger partial charge in [-0.05, 0) is 33.7 Å². The summed E-state index contributed by atoms with van der Waals surface area (Å²) in [5.74, 6) is -6.28. The Balaban J connectivity index is 3.49. The van der Waals surface area contributed by atoms with Crippen LogP contribution in [0.5, 0.6) is 0 Å². The summed E-state index contributed by atoms with van der Waals surface area (Å²) in [7, 11) is 6.07. The molecule has 1 aliphatic heterocycles. The lowest BCUT2D eigenvalue weighted by Crippen LogP contribution is -2.59. The van der Waals surface area contributed by atoms with Gasteiger partial charge >= 0.3 is 11.9 Å². The lowest BCUT2D eigenvalue weighted by atomic mass is 9.96. The average molecular weight is 785 g/mol.